The normalized spacial score (nSPS) is 12.6. The number of fused-ring (bicyclic) bond motifs is 1. The molecule has 31 heavy (non-hydrogen) atoms. The molecule has 8 heteroatoms. The van der Waals surface area contributed by atoms with Crippen LogP contribution < -0.4 is 29.2 Å². The van der Waals surface area contributed by atoms with E-state index < -0.39 is 0 Å². The number of carbonyl (C=O) groups is 2. The zero-order chi connectivity index (χ0) is 22.4. The van der Waals surface area contributed by atoms with Gasteiger partial charge in [0.25, 0.3) is 11.8 Å². The number of anilines is 2. The van der Waals surface area contributed by atoms with Gasteiger partial charge in [0, 0.05) is 17.8 Å². The Labute approximate surface area is 182 Å². The van der Waals surface area contributed by atoms with Crippen molar-refractivity contribution in [1.29, 1.82) is 0 Å². The van der Waals surface area contributed by atoms with E-state index in [0.29, 0.717) is 66.3 Å². The molecule has 0 radical (unpaired) electrons. The van der Waals surface area contributed by atoms with Crippen LogP contribution in [0.2, 0.25) is 0 Å². The lowest BCUT2D eigenvalue weighted by Crippen LogP contribution is -2.38. The number of ether oxygens (including phenoxy) is 4. The molecule has 3 rings (SSSR count). The summed E-state index contributed by atoms with van der Waals surface area (Å²) in [6, 6.07) is 8.48. The summed E-state index contributed by atoms with van der Waals surface area (Å²) in [5.74, 6) is 1.52. The van der Waals surface area contributed by atoms with E-state index in [1.807, 2.05) is 27.7 Å². The fraction of sp³-hybridized carbons (Fsp3) is 0.391. The number of amides is 2. The molecule has 166 valence electrons. The molecule has 8 nitrogen and oxygen atoms in total. The smallest absolute Gasteiger partial charge is 0.265 e. The van der Waals surface area contributed by atoms with Crippen LogP contribution in [0.15, 0.2) is 30.3 Å². The topological polar surface area (TPSA) is 86.3 Å². The Bertz CT molecular complexity index is 932. The Hall–Kier alpha value is -3.42. The quantitative estimate of drug-likeness (QED) is 0.652. The molecule has 0 unspecified atom stereocenters. The van der Waals surface area contributed by atoms with E-state index in [-0.39, 0.29) is 18.4 Å². The number of hydrogen-bond acceptors (Lipinski definition) is 6. The molecule has 0 fully saturated rings. The van der Waals surface area contributed by atoms with Crippen LogP contribution in [-0.4, -0.2) is 44.8 Å². The van der Waals surface area contributed by atoms with E-state index in [0.717, 1.165) is 0 Å². The Kier molecular flexibility index (Phi) is 7.23. The van der Waals surface area contributed by atoms with Gasteiger partial charge in [0.1, 0.15) is 5.75 Å². The summed E-state index contributed by atoms with van der Waals surface area (Å²) in [6.45, 7) is 9.29. The lowest BCUT2D eigenvalue weighted by atomic mass is 10.1. The summed E-state index contributed by atoms with van der Waals surface area (Å²) in [5, 5.41) is 2.87. The Morgan fingerprint density at radius 2 is 1.65 bits per heavy atom. The van der Waals surface area contributed by atoms with Crippen LogP contribution >= 0.6 is 0 Å². The summed E-state index contributed by atoms with van der Waals surface area (Å²) in [5.41, 5.74) is 1.55. The molecule has 0 saturated carbocycles. The maximum atomic E-state index is 13.0. The van der Waals surface area contributed by atoms with Crippen LogP contribution in [0.4, 0.5) is 11.4 Å². The molecule has 1 heterocycles. The summed E-state index contributed by atoms with van der Waals surface area (Å²) in [4.78, 5) is 26.7. The van der Waals surface area contributed by atoms with Gasteiger partial charge in [0.15, 0.2) is 18.1 Å². The highest BCUT2D eigenvalue weighted by atomic mass is 16.5. The molecule has 0 bridgehead atoms. The van der Waals surface area contributed by atoms with E-state index in [1.165, 1.54) is 0 Å². The molecule has 2 amide bonds. The first-order chi connectivity index (χ1) is 15.0. The largest absolute Gasteiger partial charge is 0.490 e. The monoisotopic (exact) mass is 428 g/mol. The average Bonchev–Trinajstić information content (AvgIpc) is 2.76. The second-order valence-electron chi connectivity index (χ2n) is 6.66. The summed E-state index contributed by atoms with van der Waals surface area (Å²) >= 11 is 0. The second kappa shape index (κ2) is 10.1. The third-order valence-electron chi connectivity index (χ3n) is 4.65. The minimum atomic E-state index is -0.337. The first kappa shape index (κ1) is 22.3. The van der Waals surface area contributed by atoms with Gasteiger partial charge >= 0.3 is 0 Å². The zero-order valence-corrected chi connectivity index (χ0v) is 18.3. The standard InChI is InChI=1S/C23H28N2O6/c1-5-25-17-13-16(9-10-18(17)31-14-21(25)26)24-23(27)15-11-19(28-6-2)22(30-8-4)20(12-15)29-7-3/h9-13H,5-8,14H2,1-4H3,(H,24,27). The average molecular weight is 428 g/mol. The van der Waals surface area contributed by atoms with Gasteiger partial charge < -0.3 is 29.2 Å². The SMILES string of the molecule is CCOc1cc(C(=O)Nc2ccc3c(c2)N(CC)C(=O)CO3)cc(OCC)c1OCC. The number of hydrogen-bond donors (Lipinski definition) is 1. The maximum absolute atomic E-state index is 13.0. The lowest BCUT2D eigenvalue weighted by Gasteiger charge is -2.28. The van der Waals surface area contributed by atoms with Gasteiger partial charge in [-0.15, -0.1) is 0 Å². The van der Waals surface area contributed by atoms with E-state index >= 15 is 0 Å². The number of nitrogens with one attached hydrogen (secondary N) is 1. The van der Waals surface area contributed by atoms with Crippen LogP contribution in [0.5, 0.6) is 23.0 Å². The van der Waals surface area contributed by atoms with Crippen molar-refractivity contribution >= 4 is 23.2 Å². The molecule has 1 aliphatic rings. The fourth-order valence-corrected chi connectivity index (χ4v) is 3.35. The number of rotatable bonds is 9. The van der Waals surface area contributed by atoms with E-state index in [2.05, 4.69) is 5.32 Å². The van der Waals surface area contributed by atoms with Gasteiger partial charge in [-0.1, -0.05) is 0 Å². The van der Waals surface area contributed by atoms with Crippen molar-refractivity contribution in [2.75, 3.05) is 43.2 Å². The molecule has 1 aliphatic heterocycles. The molecule has 0 aliphatic carbocycles. The highest BCUT2D eigenvalue weighted by molar-refractivity contribution is 6.06. The summed E-state index contributed by atoms with van der Waals surface area (Å²) in [6.07, 6.45) is 0. The Morgan fingerprint density at radius 1 is 1.00 bits per heavy atom. The molecule has 0 spiro atoms. The van der Waals surface area contributed by atoms with E-state index in [9.17, 15) is 9.59 Å². The molecule has 0 aromatic heterocycles. The van der Waals surface area contributed by atoms with Crippen molar-refractivity contribution in [1.82, 2.24) is 0 Å². The number of likely N-dealkylation sites (N-methyl/N-ethyl adjacent to an activating group) is 1. The minimum absolute atomic E-state index is 0.0130. The third kappa shape index (κ3) is 4.84. The zero-order valence-electron chi connectivity index (χ0n) is 18.3. The van der Waals surface area contributed by atoms with Crippen LogP contribution in [0.3, 0.4) is 0 Å². The van der Waals surface area contributed by atoms with E-state index in [4.69, 9.17) is 18.9 Å². The summed E-state index contributed by atoms with van der Waals surface area (Å²) < 4.78 is 22.5. The Morgan fingerprint density at radius 3 is 2.23 bits per heavy atom. The predicted octanol–water partition coefficient (Wildman–Crippen LogP) is 3.88. The number of benzene rings is 2. The van der Waals surface area contributed by atoms with Crippen LogP contribution in [-0.2, 0) is 4.79 Å². The van der Waals surface area contributed by atoms with Crippen molar-refractivity contribution in [2.24, 2.45) is 0 Å². The maximum Gasteiger partial charge on any atom is 0.265 e. The number of nitrogens with zero attached hydrogens (tertiary/aromatic N) is 1. The predicted molar refractivity (Wildman–Crippen MR) is 118 cm³/mol. The molecule has 0 atom stereocenters. The fourth-order valence-electron chi connectivity index (χ4n) is 3.35. The van der Waals surface area contributed by atoms with Crippen molar-refractivity contribution in [3.05, 3.63) is 35.9 Å². The molecule has 2 aromatic rings. The lowest BCUT2D eigenvalue weighted by molar-refractivity contribution is -0.121. The third-order valence-corrected chi connectivity index (χ3v) is 4.65. The van der Waals surface area contributed by atoms with Crippen LogP contribution in [0.1, 0.15) is 38.1 Å². The molecular formula is C23H28N2O6. The first-order valence-electron chi connectivity index (χ1n) is 10.5. The molecule has 2 aromatic carbocycles. The van der Waals surface area contributed by atoms with E-state index in [1.54, 1.807) is 35.2 Å². The molecular weight excluding hydrogens is 400 g/mol. The Balaban J connectivity index is 1.91. The highest BCUT2D eigenvalue weighted by Gasteiger charge is 2.25. The minimum Gasteiger partial charge on any atom is -0.490 e. The van der Waals surface area contributed by atoms with Crippen molar-refractivity contribution in [2.45, 2.75) is 27.7 Å². The van der Waals surface area contributed by atoms with Crippen LogP contribution in [0.25, 0.3) is 0 Å². The van der Waals surface area contributed by atoms with Crippen molar-refractivity contribution in [3.63, 3.8) is 0 Å². The van der Waals surface area contributed by atoms with Gasteiger partial charge in [0.05, 0.1) is 25.5 Å². The van der Waals surface area contributed by atoms with Gasteiger partial charge in [-0.25, -0.2) is 0 Å². The molecule has 1 N–H and O–H groups in total. The number of carbonyl (C=O) groups excluding carboxylic acids is 2. The van der Waals surface area contributed by atoms with Crippen molar-refractivity contribution in [3.8, 4) is 23.0 Å². The molecule has 0 saturated heterocycles. The van der Waals surface area contributed by atoms with Gasteiger partial charge in [0.2, 0.25) is 5.75 Å². The highest BCUT2D eigenvalue weighted by Crippen LogP contribution is 2.40. The van der Waals surface area contributed by atoms with Crippen LogP contribution in [0, 0.1) is 0 Å². The summed E-state index contributed by atoms with van der Waals surface area (Å²) in [7, 11) is 0. The first-order valence-corrected chi connectivity index (χ1v) is 10.5. The van der Waals surface area contributed by atoms with Gasteiger partial charge in [-0.2, -0.15) is 0 Å². The van der Waals surface area contributed by atoms with Crippen molar-refractivity contribution < 1.29 is 28.5 Å². The van der Waals surface area contributed by atoms with Gasteiger partial charge in [-0.3, -0.25) is 9.59 Å². The second-order valence-corrected chi connectivity index (χ2v) is 6.66. The van der Waals surface area contributed by atoms with Gasteiger partial charge in [-0.05, 0) is 58.0 Å².